The van der Waals surface area contributed by atoms with Crippen molar-refractivity contribution in [2.45, 2.75) is 12.8 Å². The van der Waals surface area contributed by atoms with Gasteiger partial charge in [0, 0.05) is 11.8 Å². The molecule has 1 heterocycles. The minimum Gasteiger partial charge on any atom is -0.359 e. The molecular formula is C9H5F2N3O. The first-order valence-electron chi connectivity index (χ1n) is 3.91. The maximum Gasteiger partial charge on any atom is 0.278 e. The largest absolute Gasteiger partial charge is 0.359 e. The van der Waals surface area contributed by atoms with Gasteiger partial charge in [-0.2, -0.15) is 10.5 Å². The first-order chi connectivity index (χ1) is 7.11. The number of hydrogen-bond acceptors (Lipinski definition) is 3. The van der Waals surface area contributed by atoms with Crippen molar-refractivity contribution in [1.29, 1.82) is 10.5 Å². The zero-order chi connectivity index (χ0) is 11.4. The predicted molar refractivity (Wildman–Crippen MR) is 46.1 cm³/mol. The summed E-state index contributed by atoms with van der Waals surface area (Å²) in [5, 5.41) is 16.9. The molecule has 0 atom stereocenters. The Morgan fingerprint density at radius 3 is 2.60 bits per heavy atom. The summed E-state index contributed by atoms with van der Waals surface area (Å²) >= 11 is 0. The molecule has 1 rings (SSSR count). The van der Waals surface area contributed by atoms with Gasteiger partial charge in [-0.3, -0.25) is 4.79 Å². The van der Waals surface area contributed by atoms with E-state index in [2.05, 4.69) is 4.98 Å². The second-order valence-electron chi connectivity index (χ2n) is 2.67. The maximum atomic E-state index is 12.4. The number of rotatable bonds is 2. The molecule has 0 aliphatic carbocycles. The van der Waals surface area contributed by atoms with Crippen LogP contribution in [0.2, 0.25) is 0 Å². The highest BCUT2D eigenvalue weighted by Gasteiger charge is 2.18. The number of hydrogen-bond donors (Lipinski definition) is 1. The molecule has 0 amide bonds. The Labute approximate surface area is 83.4 Å². The van der Waals surface area contributed by atoms with Crippen LogP contribution in [0.1, 0.15) is 23.2 Å². The Morgan fingerprint density at radius 1 is 1.47 bits per heavy atom. The van der Waals surface area contributed by atoms with Crippen molar-refractivity contribution in [3.8, 4) is 12.1 Å². The Morgan fingerprint density at radius 2 is 2.13 bits per heavy atom. The van der Waals surface area contributed by atoms with Gasteiger partial charge in [0.15, 0.2) is 0 Å². The van der Waals surface area contributed by atoms with E-state index in [4.69, 9.17) is 10.5 Å². The minimum absolute atomic E-state index is 0.273. The third-order valence-electron chi connectivity index (χ3n) is 1.81. The Hall–Kier alpha value is -2.21. The van der Waals surface area contributed by atoms with Crippen LogP contribution in [-0.2, 0) is 6.42 Å². The maximum absolute atomic E-state index is 12.4. The highest BCUT2D eigenvalue weighted by atomic mass is 19.3. The molecule has 1 N–H and O–H groups in total. The van der Waals surface area contributed by atoms with Crippen LogP contribution in [-0.4, -0.2) is 4.98 Å². The molecule has 6 heteroatoms. The Balaban J connectivity index is 3.48. The summed E-state index contributed by atoms with van der Waals surface area (Å²) in [5.74, 6) is 0. The molecule has 0 spiro atoms. The molecule has 76 valence electrons. The van der Waals surface area contributed by atoms with E-state index in [1.807, 2.05) is 0 Å². The number of nitrogens with one attached hydrogen (secondary N) is 1. The van der Waals surface area contributed by atoms with Crippen LogP contribution >= 0.6 is 0 Å². The van der Waals surface area contributed by atoms with Gasteiger partial charge in [-0.05, 0) is 0 Å². The lowest BCUT2D eigenvalue weighted by atomic mass is 10.1. The standard InChI is InChI=1S/C9H5F2N3O/c10-9(11)7-6(1-2-12)8(15)5(3-13)4-14-7/h4,9H,1H2,(H,14,15). The Bertz CT molecular complexity index is 508. The zero-order valence-electron chi connectivity index (χ0n) is 7.42. The molecule has 0 aliphatic heterocycles. The van der Waals surface area contributed by atoms with E-state index in [0.717, 1.165) is 6.20 Å². The molecule has 1 aromatic heterocycles. The van der Waals surface area contributed by atoms with E-state index in [1.54, 1.807) is 12.1 Å². The third kappa shape index (κ3) is 2.00. The number of alkyl halides is 2. The van der Waals surface area contributed by atoms with Crippen molar-refractivity contribution >= 4 is 0 Å². The van der Waals surface area contributed by atoms with Gasteiger partial charge >= 0.3 is 0 Å². The van der Waals surface area contributed by atoms with Gasteiger partial charge in [-0.15, -0.1) is 0 Å². The van der Waals surface area contributed by atoms with Crippen LogP contribution in [0.25, 0.3) is 0 Å². The van der Waals surface area contributed by atoms with Crippen molar-refractivity contribution in [2.75, 3.05) is 0 Å². The fourth-order valence-corrected chi connectivity index (χ4v) is 1.12. The second kappa shape index (κ2) is 4.34. The molecule has 0 saturated carbocycles. The summed E-state index contributed by atoms with van der Waals surface area (Å²) < 4.78 is 24.8. The van der Waals surface area contributed by atoms with Crippen molar-refractivity contribution < 1.29 is 8.78 Å². The first-order valence-corrected chi connectivity index (χ1v) is 3.91. The molecule has 0 bridgehead atoms. The molecule has 15 heavy (non-hydrogen) atoms. The lowest BCUT2D eigenvalue weighted by Crippen LogP contribution is -2.17. The van der Waals surface area contributed by atoms with Gasteiger partial charge in [0.05, 0.1) is 18.2 Å². The molecule has 0 aromatic carbocycles. The van der Waals surface area contributed by atoms with Gasteiger partial charge in [0.25, 0.3) is 6.43 Å². The quantitative estimate of drug-likeness (QED) is 0.795. The summed E-state index contributed by atoms with van der Waals surface area (Å²) in [4.78, 5) is 13.5. The van der Waals surface area contributed by atoms with E-state index in [9.17, 15) is 13.6 Å². The van der Waals surface area contributed by atoms with Crippen molar-refractivity contribution in [3.63, 3.8) is 0 Å². The number of aromatic amines is 1. The van der Waals surface area contributed by atoms with Gasteiger partial charge in [-0.1, -0.05) is 0 Å². The molecular weight excluding hydrogens is 204 g/mol. The monoisotopic (exact) mass is 209 g/mol. The predicted octanol–water partition coefficient (Wildman–Crippen LogP) is 1.25. The number of nitriles is 2. The van der Waals surface area contributed by atoms with E-state index >= 15 is 0 Å². The summed E-state index contributed by atoms with van der Waals surface area (Å²) in [6.45, 7) is 0. The fourth-order valence-electron chi connectivity index (χ4n) is 1.12. The van der Waals surface area contributed by atoms with Gasteiger partial charge in [-0.25, -0.2) is 8.78 Å². The smallest absolute Gasteiger partial charge is 0.278 e. The van der Waals surface area contributed by atoms with E-state index in [-0.39, 0.29) is 11.1 Å². The molecule has 0 fully saturated rings. The highest BCUT2D eigenvalue weighted by molar-refractivity contribution is 5.35. The number of nitrogens with zero attached hydrogens (tertiary/aromatic N) is 2. The van der Waals surface area contributed by atoms with Crippen LogP contribution in [0, 0.1) is 22.7 Å². The lowest BCUT2D eigenvalue weighted by Gasteiger charge is -2.04. The van der Waals surface area contributed by atoms with Gasteiger partial charge in [0.2, 0.25) is 5.43 Å². The summed E-state index contributed by atoms with van der Waals surface area (Å²) in [5.41, 5.74) is -2.02. The van der Waals surface area contributed by atoms with Crippen molar-refractivity contribution in [2.24, 2.45) is 0 Å². The van der Waals surface area contributed by atoms with Crippen molar-refractivity contribution in [1.82, 2.24) is 4.98 Å². The van der Waals surface area contributed by atoms with Crippen LogP contribution in [0.3, 0.4) is 0 Å². The number of H-pyrrole nitrogens is 1. The van der Waals surface area contributed by atoms with Crippen LogP contribution in [0.5, 0.6) is 0 Å². The van der Waals surface area contributed by atoms with Gasteiger partial charge < -0.3 is 4.98 Å². The topological polar surface area (TPSA) is 80.4 Å². The summed E-state index contributed by atoms with van der Waals surface area (Å²) in [6, 6.07) is 3.17. The van der Waals surface area contributed by atoms with E-state index in [0.29, 0.717) is 0 Å². The third-order valence-corrected chi connectivity index (χ3v) is 1.81. The second-order valence-corrected chi connectivity index (χ2v) is 2.67. The van der Waals surface area contributed by atoms with Crippen molar-refractivity contribution in [3.05, 3.63) is 33.2 Å². The van der Waals surface area contributed by atoms with E-state index < -0.39 is 24.0 Å². The van der Waals surface area contributed by atoms with Crippen LogP contribution in [0.15, 0.2) is 11.0 Å². The number of aromatic nitrogens is 1. The Kier molecular flexibility index (Phi) is 3.14. The first kappa shape index (κ1) is 10.9. The average Bonchev–Trinajstić information content (AvgIpc) is 2.20. The molecule has 0 unspecified atom stereocenters. The fraction of sp³-hybridized carbons (Fsp3) is 0.222. The van der Waals surface area contributed by atoms with E-state index in [1.165, 1.54) is 0 Å². The molecule has 4 nitrogen and oxygen atoms in total. The molecule has 1 aromatic rings. The minimum atomic E-state index is -2.87. The lowest BCUT2D eigenvalue weighted by molar-refractivity contribution is 0.145. The molecule has 0 radical (unpaired) electrons. The van der Waals surface area contributed by atoms with Crippen LogP contribution < -0.4 is 5.43 Å². The average molecular weight is 209 g/mol. The summed E-state index contributed by atoms with van der Waals surface area (Å²) in [6.07, 6.45) is -2.39. The SMILES string of the molecule is N#CCc1c(C(F)F)[nH]cc(C#N)c1=O. The molecule has 0 aliphatic rings. The zero-order valence-corrected chi connectivity index (χ0v) is 7.42. The number of pyridine rings is 1. The molecule has 0 saturated heterocycles. The normalized spacial score (nSPS) is 9.67. The summed E-state index contributed by atoms with van der Waals surface area (Å²) in [7, 11) is 0. The van der Waals surface area contributed by atoms with Gasteiger partial charge in [0.1, 0.15) is 11.6 Å². The number of halogens is 2. The van der Waals surface area contributed by atoms with Crippen LogP contribution in [0.4, 0.5) is 8.78 Å². The highest BCUT2D eigenvalue weighted by Crippen LogP contribution is 2.18.